The van der Waals surface area contributed by atoms with Crippen molar-refractivity contribution in [1.82, 2.24) is 0 Å². The second kappa shape index (κ2) is 4.09. The van der Waals surface area contributed by atoms with Gasteiger partial charge in [0.05, 0.1) is 16.1 Å². The van der Waals surface area contributed by atoms with Gasteiger partial charge in [-0.1, -0.05) is 17.7 Å². The number of aliphatic carboxylic acids is 1. The van der Waals surface area contributed by atoms with E-state index in [2.05, 4.69) is 0 Å². The molecule has 0 heterocycles. The largest absolute Gasteiger partial charge is 0.481 e. The summed E-state index contributed by atoms with van der Waals surface area (Å²) >= 11 is 0. The van der Waals surface area contributed by atoms with Crippen molar-refractivity contribution < 1.29 is 18.3 Å². The molecule has 0 radical (unpaired) electrons. The van der Waals surface area contributed by atoms with E-state index in [4.69, 9.17) is 5.11 Å². The summed E-state index contributed by atoms with van der Waals surface area (Å²) < 4.78 is 24.8. The van der Waals surface area contributed by atoms with Crippen LogP contribution in [0.1, 0.15) is 23.1 Å². The molecule has 1 saturated carbocycles. The molecule has 0 spiro atoms. The number of sulfone groups is 1. The second-order valence-corrected chi connectivity index (χ2v) is 7.10. The van der Waals surface area contributed by atoms with Crippen LogP contribution in [0, 0.1) is 26.7 Å². The van der Waals surface area contributed by atoms with Gasteiger partial charge in [-0.15, -0.1) is 0 Å². The van der Waals surface area contributed by atoms with Crippen LogP contribution < -0.4 is 0 Å². The number of aryl methyl sites for hydroxylation is 3. The quantitative estimate of drug-likeness (QED) is 0.908. The fourth-order valence-corrected chi connectivity index (χ4v) is 4.87. The van der Waals surface area contributed by atoms with Crippen LogP contribution in [-0.4, -0.2) is 24.7 Å². The number of hydrogen-bond donors (Lipinski definition) is 1. The molecule has 1 aromatic carbocycles. The minimum Gasteiger partial charge on any atom is -0.481 e. The molecule has 0 saturated heterocycles. The summed E-state index contributed by atoms with van der Waals surface area (Å²) in [5, 5.41) is 8.10. The first-order valence-electron chi connectivity index (χ1n) is 5.79. The molecular formula is C13H16O4S. The van der Waals surface area contributed by atoms with E-state index in [1.807, 2.05) is 19.1 Å². The highest BCUT2D eigenvalue weighted by Crippen LogP contribution is 2.42. The molecule has 5 heteroatoms. The summed E-state index contributed by atoms with van der Waals surface area (Å²) in [6, 6.07) is 3.63. The first-order valence-corrected chi connectivity index (χ1v) is 7.34. The summed E-state index contributed by atoms with van der Waals surface area (Å²) in [6.45, 7) is 5.42. The van der Waals surface area contributed by atoms with Crippen LogP contribution in [0.25, 0.3) is 0 Å². The van der Waals surface area contributed by atoms with Crippen LogP contribution in [0.15, 0.2) is 17.0 Å². The summed E-state index contributed by atoms with van der Waals surface area (Å²) in [4.78, 5) is 11.1. The highest BCUT2D eigenvalue weighted by atomic mass is 32.2. The van der Waals surface area contributed by atoms with Crippen LogP contribution in [0.3, 0.4) is 0 Å². The highest BCUT2D eigenvalue weighted by Gasteiger charge is 2.53. The van der Waals surface area contributed by atoms with Gasteiger partial charge in [-0.3, -0.25) is 4.79 Å². The summed E-state index contributed by atoms with van der Waals surface area (Å²) in [5.74, 6) is -1.76. The predicted molar refractivity (Wildman–Crippen MR) is 67.4 cm³/mol. The molecule has 1 aliphatic rings. The van der Waals surface area contributed by atoms with Gasteiger partial charge in [0, 0.05) is 0 Å². The molecule has 2 rings (SSSR count). The molecule has 4 nitrogen and oxygen atoms in total. The van der Waals surface area contributed by atoms with Crippen molar-refractivity contribution in [2.45, 2.75) is 37.3 Å². The van der Waals surface area contributed by atoms with Gasteiger partial charge in [-0.05, 0) is 38.3 Å². The van der Waals surface area contributed by atoms with E-state index in [9.17, 15) is 13.2 Å². The van der Waals surface area contributed by atoms with Crippen LogP contribution in [0.2, 0.25) is 0 Å². The standard InChI is InChI=1S/C13H16O4S/c1-7-4-8(2)12(9(3)5-7)18(16,17)11-6-10(11)13(14)15/h4-5,10-11H,6H2,1-3H3,(H,14,15). The van der Waals surface area contributed by atoms with Gasteiger partial charge in [-0.25, -0.2) is 8.42 Å². The van der Waals surface area contributed by atoms with Crippen LogP contribution in [0.4, 0.5) is 0 Å². The van der Waals surface area contributed by atoms with Crippen molar-refractivity contribution in [3.8, 4) is 0 Å². The molecule has 1 aliphatic carbocycles. The van der Waals surface area contributed by atoms with E-state index in [0.29, 0.717) is 16.0 Å². The lowest BCUT2D eigenvalue weighted by molar-refractivity contribution is -0.138. The number of carboxylic acids is 1. The maximum absolute atomic E-state index is 12.4. The number of carboxylic acid groups (broad SMARTS) is 1. The van der Waals surface area contributed by atoms with Gasteiger partial charge in [0.15, 0.2) is 9.84 Å². The van der Waals surface area contributed by atoms with Crippen molar-refractivity contribution in [2.75, 3.05) is 0 Å². The number of carbonyl (C=O) groups is 1. The van der Waals surface area contributed by atoms with Crippen LogP contribution >= 0.6 is 0 Å². The topological polar surface area (TPSA) is 71.4 Å². The zero-order chi connectivity index (χ0) is 13.7. The Balaban J connectivity index is 2.47. The lowest BCUT2D eigenvalue weighted by Crippen LogP contribution is -2.15. The normalized spacial score (nSPS) is 22.8. The summed E-state index contributed by atoms with van der Waals surface area (Å²) in [5.41, 5.74) is 2.40. The molecule has 18 heavy (non-hydrogen) atoms. The predicted octanol–water partition coefficient (Wildman–Crippen LogP) is 1.86. The first kappa shape index (κ1) is 13.1. The zero-order valence-corrected chi connectivity index (χ0v) is 11.4. The third kappa shape index (κ3) is 2.03. The van der Waals surface area contributed by atoms with Gasteiger partial charge >= 0.3 is 5.97 Å². The zero-order valence-electron chi connectivity index (χ0n) is 10.6. The Kier molecular flexibility index (Phi) is 2.97. The molecule has 1 aromatic rings. The highest BCUT2D eigenvalue weighted by molar-refractivity contribution is 7.92. The Morgan fingerprint density at radius 1 is 1.22 bits per heavy atom. The third-order valence-corrected chi connectivity index (χ3v) is 5.87. The Morgan fingerprint density at radius 3 is 2.11 bits per heavy atom. The van der Waals surface area contributed by atoms with Gasteiger partial charge < -0.3 is 5.11 Å². The first-order chi connectivity index (χ1) is 8.25. The van der Waals surface area contributed by atoms with E-state index in [0.717, 1.165) is 5.56 Å². The summed E-state index contributed by atoms with van der Waals surface area (Å²) in [7, 11) is -3.52. The van der Waals surface area contributed by atoms with Crippen molar-refractivity contribution >= 4 is 15.8 Å². The van der Waals surface area contributed by atoms with Crippen molar-refractivity contribution in [2.24, 2.45) is 5.92 Å². The lowest BCUT2D eigenvalue weighted by atomic mass is 10.1. The Bertz CT molecular complexity index is 593. The van der Waals surface area contributed by atoms with Crippen LogP contribution in [-0.2, 0) is 14.6 Å². The minimum atomic E-state index is -3.52. The van der Waals surface area contributed by atoms with Gasteiger partial charge in [-0.2, -0.15) is 0 Å². The lowest BCUT2D eigenvalue weighted by Gasteiger charge is -2.11. The molecule has 0 bridgehead atoms. The van der Waals surface area contributed by atoms with E-state index in [-0.39, 0.29) is 6.42 Å². The van der Waals surface area contributed by atoms with Crippen molar-refractivity contribution in [3.05, 3.63) is 28.8 Å². The molecule has 2 atom stereocenters. The van der Waals surface area contributed by atoms with Crippen molar-refractivity contribution in [1.29, 1.82) is 0 Å². The number of hydrogen-bond acceptors (Lipinski definition) is 3. The SMILES string of the molecule is Cc1cc(C)c(S(=O)(=O)C2CC2C(=O)O)c(C)c1. The number of rotatable bonds is 3. The average Bonchev–Trinajstić information content (AvgIpc) is 2.93. The third-order valence-electron chi connectivity index (χ3n) is 3.34. The fraction of sp³-hybridized carbons (Fsp3) is 0.462. The molecule has 2 unspecified atom stereocenters. The molecule has 0 aromatic heterocycles. The maximum Gasteiger partial charge on any atom is 0.307 e. The van der Waals surface area contributed by atoms with Gasteiger partial charge in [0.1, 0.15) is 0 Å². The van der Waals surface area contributed by atoms with E-state index >= 15 is 0 Å². The number of benzene rings is 1. The average molecular weight is 268 g/mol. The molecule has 1 N–H and O–H groups in total. The van der Waals surface area contributed by atoms with E-state index in [1.165, 1.54) is 0 Å². The monoisotopic (exact) mass is 268 g/mol. The second-order valence-electron chi connectivity index (χ2n) is 4.99. The fourth-order valence-electron chi connectivity index (χ4n) is 2.54. The molecule has 1 fully saturated rings. The molecule has 0 amide bonds. The smallest absolute Gasteiger partial charge is 0.307 e. The molecule has 98 valence electrons. The van der Waals surface area contributed by atoms with E-state index < -0.39 is 27.0 Å². The maximum atomic E-state index is 12.4. The van der Waals surface area contributed by atoms with Gasteiger partial charge in [0.2, 0.25) is 0 Å². The Hall–Kier alpha value is -1.36. The Labute approximate surface area is 107 Å². The van der Waals surface area contributed by atoms with Gasteiger partial charge in [0.25, 0.3) is 0 Å². The minimum absolute atomic E-state index is 0.227. The molecule has 0 aliphatic heterocycles. The van der Waals surface area contributed by atoms with Crippen molar-refractivity contribution in [3.63, 3.8) is 0 Å². The molecular weight excluding hydrogens is 252 g/mol. The summed E-state index contributed by atoms with van der Waals surface area (Å²) in [6.07, 6.45) is 0.227. The van der Waals surface area contributed by atoms with Crippen LogP contribution in [0.5, 0.6) is 0 Å². The van der Waals surface area contributed by atoms with E-state index in [1.54, 1.807) is 13.8 Å². The Morgan fingerprint density at radius 2 is 1.72 bits per heavy atom.